The first-order valence-electron chi connectivity index (χ1n) is 6.34. The van der Waals surface area contributed by atoms with E-state index in [-0.39, 0.29) is 11.7 Å². The normalized spacial score (nSPS) is 26.4. The maximum absolute atomic E-state index is 11.8. The van der Waals surface area contributed by atoms with Crippen LogP contribution in [0.25, 0.3) is 0 Å². The maximum atomic E-state index is 11.8. The number of hydrogen-bond acceptors (Lipinski definition) is 5. The van der Waals surface area contributed by atoms with Gasteiger partial charge in [0.1, 0.15) is 0 Å². The molecule has 1 fully saturated rings. The van der Waals surface area contributed by atoms with Crippen LogP contribution in [0.4, 0.5) is 0 Å². The quantitative estimate of drug-likeness (QED) is 0.761. The summed E-state index contributed by atoms with van der Waals surface area (Å²) in [4.78, 5) is 25.4. The van der Waals surface area contributed by atoms with Crippen molar-refractivity contribution in [2.75, 3.05) is 5.75 Å². The van der Waals surface area contributed by atoms with Crippen LogP contribution in [0.3, 0.4) is 0 Å². The summed E-state index contributed by atoms with van der Waals surface area (Å²) in [6.45, 7) is 1.64. The number of aromatic nitrogens is 2. The SMILES string of the molecule is Cc1cn([C@H]2C[C@H](O)[C@@H](CS[As](C)C)O2)c(=O)[nH]c1=O. The van der Waals surface area contributed by atoms with Crippen LogP contribution in [0.1, 0.15) is 18.2 Å². The van der Waals surface area contributed by atoms with Crippen molar-refractivity contribution in [3.8, 4) is 0 Å². The molecule has 1 aliphatic rings. The molecule has 0 bridgehead atoms. The van der Waals surface area contributed by atoms with Crippen LogP contribution in [0.15, 0.2) is 15.8 Å². The van der Waals surface area contributed by atoms with Gasteiger partial charge in [0.2, 0.25) is 0 Å². The summed E-state index contributed by atoms with van der Waals surface area (Å²) in [5.74, 6) is 0.752. The van der Waals surface area contributed by atoms with E-state index < -0.39 is 31.5 Å². The number of aliphatic hydroxyl groups is 1. The van der Waals surface area contributed by atoms with Gasteiger partial charge in [0.15, 0.2) is 0 Å². The summed E-state index contributed by atoms with van der Waals surface area (Å²) in [6, 6.07) is 0. The van der Waals surface area contributed by atoms with E-state index in [1.807, 2.05) is 10.0 Å². The molecule has 6 nitrogen and oxygen atoms in total. The summed E-state index contributed by atoms with van der Waals surface area (Å²) in [6.07, 6.45) is 0.540. The molecule has 1 saturated heterocycles. The Hall–Kier alpha value is -0.492. The molecule has 0 aromatic carbocycles. The van der Waals surface area contributed by atoms with Gasteiger partial charge in [-0.25, -0.2) is 0 Å². The van der Waals surface area contributed by atoms with Crippen molar-refractivity contribution in [2.45, 2.75) is 43.2 Å². The summed E-state index contributed by atoms with van der Waals surface area (Å²) < 4.78 is 7.14. The van der Waals surface area contributed by atoms with E-state index >= 15 is 0 Å². The van der Waals surface area contributed by atoms with Crippen molar-refractivity contribution in [3.05, 3.63) is 32.6 Å². The zero-order valence-corrected chi connectivity index (χ0v) is 14.4. The van der Waals surface area contributed by atoms with Crippen LogP contribution in [0.2, 0.25) is 11.4 Å². The van der Waals surface area contributed by atoms with Crippen LogP contribution in [0, 0.1) is 6.92 Å². The number of aliphatic hydroxyl groups excluding tert-OH is 1. The zero-order chi connectivity index (χ0) is 14.9. The van der Waals surface area contributed by atoms with Gasteiger partial charge < -0.3 is 0 Å². The van der Waals surface area contributed by atoms with E-state index in [1.54, 1.807) is 6.92 Å². The predicted molar refractivity (Wildman–Crippen MR) is 80.5 cm³/mol. The fraction of sp³-hybridized carbons (Fsp3) is 0.667. The van der Waals surface area contributed by atoms with Crippen molar-refractivity contribution < 1.29 is 9.84 Å². The number of hydrogen-bond donors (Lipinski definition) is 2. The molecule has 0 unspecified atom stereocenters. The molecule has 8 heteroatoms. The van der Waals surface area contributed by atoms with Crippen molar-refractivity contribution in [1.29, 1.82) is 0 Å². The van der Waals surface area contributed by atoms with Crippen LogP contribution in [0.5, 0.6) is 0 Å². The fourth-order valence-electron chi connectivity index (χ4n) is 2.06. The van der Waals surface area contributed by atoms with Gasteiger partial charge in [-0.05, 0) is 0 Å². The number of rotatable bonds is 4. The third-order valence-electron chi connectivity index (χ3n) is 3.16. The van der Waals surface area contributed by atoms with Gasteiger partial charge in [-0.3, -0.25) is 0 Å². The molecule has 2 rings (SSSR count). The first kappa shape index (κ1) is 15.9. The molecule has 1 aromatic rings. The predicted octanol–water partition coefficient (Wildman–Crippen LogP) is 0.478. The summed E-state index contributed by atoms with van der Waals surface area (Å²) in [7, 11) is 1.85. The fourth-order valence-corrected chi connectivity index (χ4v) is 5.61. The first-order chi connectivity index (χ1) is 9.38. The Morgan fingerprint density at radius 3 is 2.90 bits per heavy atom. The number of aryl methyl sites for hydroxylation is 1. The summed E-state index contributed by atoms with van der Waals surface area (Å²) >= 11 is -0.825. The minimum atomic E-state index is -0.825. The van der Waals surface area contributed by atoms with Gasteiger partial charge in [-0.2, -0.15) is 0 Å². The topological polar surface area (TPSA) is 84.3 Å². The zero-order valence-electron chi connectivity index (χ0n) is 11.7. The van der Waals surface area contributed by atoms with E-state index in [9.17, 15) is 14.7 Å². The monoisotopic (exact) mass is 362 g/mol. The van der Waals surface area contributed by atoms with Crippen molar-refractivity contribution in [1.82, 2.24) is 9.55 Å². The standard InChI is InChI=1S/C12H19AsN2O4S/c1-7-5-15(12(18)14-11(7)17)10-4-8(16)9(19-10)6-20-13(2)3/h5,8-10,16H,4,6H2,1-3H3,(H,14,17,18)/t8-,9+,10+/m0/s1. The van der Waals surface area contributed by atoms with Gasteiger partial charge in [0.05, 0.1) is 0 Å². The Balaban J connectivity index is 2.14. The molecule has 0 radical (unpaired) electrons. The van der Waals surface area contributed by atoms with Gasteiger partial charge in [0.25, 0.3) is 0 Å². The van der Waals surface area contributed by atoms with E-state index in [1.165, 1.54) is 10.8 Å². The second-order valence-electron chi connectivity index (χ2n) is 5.02. The number of aromatic amines is 1. The van der Waals surface area contributed by atoms with Gasteiger partial charge in [-0.15, -0.1) is 0 Å². The van der Waals surface area contributed by atoms with Crippen LogP contribution < -0.4 is 11.2 Å². The van der Waals surface area contributed by atoms with E-state index in [2.05, 4.69) is 16.4 Å². The number of nitrogens with one attached hydrogen (secondary N) is 1. The van der Waals surface area contributed by atoms with Crippen molar-refractivity contribution >= 4 is 23.5 Å². The Bertz CT molecular complexity index is 586. The summed E-state index contributed by atoms with van der Waals surface area (Å²) in [5, 5.41) is 10.0. The third kappa shape index (κ3) is 3.58. The molecular formula is C12H19AsN2O4S. The van der Waals surface area contributed by atoms with Crippen LogP contribution >= 0.6 is 10.0 Å². The molecular weight excluding hydrogens is 343 g/mol. The van der Waals surface area contributed by atoms with Gasteiger partial charge in [0, 0.05) is 0 Å². The molecule has 0 spiro atoms. The average molecular weight is 362 g/mol. The van der Waals surface area contributed by atoms with Crippen molar-refractivity contribution in [3.63, 3.8) is 0 Å². The average Bonchev–Trinajstić information content (AvgIpc) is 2.72. The Morgan fingerprint density at radius 2 is 2.25 bits per heavy atom. The third-order valence-corrected chi connectivity index (χ3v) is 8.34. The van der Waals surface area contributed by atoms with Crippen molar-refractivity contribution in [2.24, 2.45) is 0 Å². The van der Waals surface area contributed by atoms with E-state index in [4.69, 9.17) is 4.74 Å². The molecule has 0 aliphatic carbocycles. The van der Waals surface area contributed by atoms with Gasteiger partial charge >= 0.3 is 124 Å². The molecule has 2 N–H and O–H groups in total. The number of nitrogens with zero attached hydrogens (tertiary/aromatic N) is 1. The molecule has 1 aliphatic heterocycles. The van der Waals surface area contributed by atoms with Crippen LogP contribution in [-0.4, -0.2) is 46.1 Å². The van der Waals surface area contributed by atoms with Gasteiger partial charge in [-0.1, -0.05) is 0 Å². The molecule has 112 valence electrons. The molecule has 0 amide bonds. The molecule has 0 saturated carbocycles. The molecule has 2 heterocycles. The molecule has 1 aromatic heterocycles. The summed E-state index contributed by atoms with van der Waals surface area (Å²) in [5.41, 5.74) is 4.03. The van der Waals surface area contributed by atoms with Crippen LogP contribution in [-0.2, 0) is 4.74 Å². The van der Waals surface area contributed by atoms with E-state index in [0.29, 0.717) is 12.0 Å². The second kappa shape index (κ2) is 6.52. The second-order valence-corrected chi connectivity index (χ2v) is 14.4. The molecule has 20 heavy (non-hydrogen) atoms. The molecule has 3 atom stereocenters. The minimum absolute atomic E-state index is 0.249. The Morgan fingerprint density at radius 1 is 1.55 bits per heavy atom. The first-order valence-corrected chi connectivity index (χ1v) is 13.3. The van der Waals surface area contributed by atoms with E-state index in [0.717, 1.165) is 5.75 Å². The Labute approximate surface area is 124 Å². The number of ether oxygens (including phenoxy) is 1. The Kier molecular flexibility index (Phi) is 5.18. The number of H-pyrrole nitrogens is 1.